The van der Waals surface area contributed by atoms with Gasteiger partial charge in [-0.05, 0) is 42.5 Å². The molecule has 0 saturated carbocycles. The maximum absolute atomic E-state index is 12.2. The number of nitrogen functional groups attached to an aromatic ring is 1. The highest BCUT2D eigenvalue weighted by Crippen LogP contribution is 2.29. The standard InChI is InChI=1S/C20H19N7O3S/c1-23-19(28)14-4-2-3-5-15(14)24-18-17-16(25-20(21)26-18)10-11-27(17)12-6-8-13(9-7-12)31(22,29)30/h2-11H,1H3,(H,23,28)(H2,22,29,30)(H3,21,24,25,26). The van der Waals surface area contributed by atoms with Crippen molar-refractivity contribution in [1.82, 2.24) is 19.9 Å². The second kappa shape index (κ2) is 7.70. The van der Waals surface area contributed by atoms with Crippen molar-refractivity contribution in [1.29, 1.82) is 0 Å². The van der Waals surface area contributed by atoms with E-state index in [1.165, 1.54) is 12.1 Å². The van der Waals surface area contributed by atoms with Crippen LogP contribution < -0.4 is 21.5 Å². The van der Waals surface area contributed by atoms with Gasteiger partial charge in [0, 0.05) is 18.9 Å². The molecule has 6 N–H and O–H groups in total. The number of rotatable bonds is 5. The zero-order valence-electron chi connectivity index (χ0n) is 16.4. The fourth-order valence-electron chi connectivity index (χ4n) is 3.21. The van der Waals surface area contributed by atoms with Gasteiger partial charge in [-0.25, -0.2) is 18.5 Å². The minimum atomic E-state index is -3.80. The smallest absolute Gasteiger partial charge is 0.253 e. The van der Waals surface area contributed by atoms with Gasteiger partial charge in [0.25, 0.3) is 5.91 Å². The Morgan fingerprint density at radius 3 is 2.42 bits per heavy atom. The Kier molecular flexibility index (Phi) is 5.05. The van der Waals surface area contributed by atoms with Crippen LogP contribution >= 0.6 is 0 Å². The molecule has 0 radical (unpaired) electrons. The molecule has 31 heavy (non-hydrogen) atoms. The molecule has 1 amide bonds. The van der Waals surface area contributed by atoms with Crippen molar-refractivity contribution in [2.24, 2.45) is 5.14 Å². The SMILES string of the molecule is CNC(=O)c1ccccc1Nc1nc(N)nc2ccn(-c3ccc(S(N)(=O)=O)cc3)c12. The summed E-state index contributed by atoms with van der Waals surface area (Å²) in [7, 11) is -2.25. The van der Waals surface area contributed by atoms with Crippen LogP contribution in [0.1, 0.15) is 10.4 Å². The molecule has 4 rings (SSSR count). The van der Waals surface area contributed by atoms with E-state index in [0.717, 1.165) is 0 Å². The maximum atomic E-state index is 12.2. The predicted molar refractivity (Wildman–Crippen MR) is 118 cm³/mol. The molecule has 11 heteroatoms. The van der Waals surface area contributed by atoms with Crippen LogP contribution in [-0.4, -0.2) is 35.9 Å². The fraction of sp³-hybridized carbons (Fsp3) is 0.0500. The van der Waals surface area contributed by atoms with Gasteiger partial charge in [0.2, 0.25) is 16.0 Å². The predicted octanol–water partition coefficient (Wildman–Crippen LogP) is 1.75. The molecule has 0 unspecified atom stereocenters. The number of nitrogens with zero attached hydrogens (tertiary/aromatic N) is 3. The number of nitrogens with one attached hydrogen (secondary N) is 2. The largest absolute Gasteiger partial charge is 0.368 e. The molecule has 2 heterocycles. The number of hydrogen-bond donors (Lipinski definition) is 4. The van der Waals surface area contributed by atoms with Gasteiger partial charge in [-0.1, -0.05) is 12.1 Å². The quantitative estimate of drug-likeness (QED) is 0.370. The monoisotopic (exact) mass is 437 g/mol. The Morgan fingerprint density at radius 2 is 1.74 bits per heavy atom. The van der Waals surface area contributed by atoms with Crippen molar-refractivity contribution in [3.8, 4) is 5.69 Å². The van der Waals surface area contributed by atoms with Gasteiger partial charge >= 0.3 is 0 Å². The van der Waals surface area contributed by atoms with E-state index < -0.39 is 10.0 Å². The molecule has 0 fully saturated rings. The third-order valence-corrected chi connectivity index (χ3v) is 5.58. The van der Waals surface area contributed by atoms with Gasteiger partial charge in [0.05, 0.1) is 21.7 Å². The van der Waals surface area contributed by atoms with E-state index in [0.29, 0.717) is 33.8 Å². The average Bonchev–Trinajstić information content (AvgIpc) is 3.17. The van der Waals surface area contributed by atoms with Crippen LogP contribution in [0.3, 0.4) is 0 Å². The van der Waals surface area contributed by atoms with Crippen LogP contribution in [0.4, 0.5) is 17.5 Å². The van der Waals surface area contributed by atoms with E-state index in [4.69, 9.17) is 10.9 Å². The Balaban J connectivity index is 1.85. The number of hydrogen-bond acceptors (Lipinski definition) is 7. The topological polar surface area (TPSA) is 158 Å². The summed E-state index contributed by atoms with van der Waals surface area (Å²) in [4.78, 5) is 20.8. The van der Waals surface area contributed by atoms with E-state index in [2.05, 4.69) is 20.6 Å². The molecule has 10 nitrogen and oxygen atoms in total. The number of carbonyl (C=O) groups excluding carboxylic acids is 1. The number of anilines is 3. The Labute approximate surface area is 178 Å². The van der Waals surface area contributed by atoms with Crippen LogP contribution in [0.2, 0.25) is 0 Å². The van der Waals surface area contributed by atoms with Crippen LogP contribution in [-0.2, 0) is 10.0 Å². The van der Waals surface area contributed by atoms with E-state index in [9.17, 15) is 13.2 Å². The fourth-order valence-corrected chi connectivity index (χ4v) is 3.73. The highest BCUT2D eigenvalue weighted by Gasteiger charge is 2.16. The first-order valence-corrected chi connectivity index (χ1v) is 10.7. The minimum absolute atomic E-state index is 0.00561. The van der Waals surface area contributed by atoms with E-state index in [1.807, 2.05) is 0 Å². The summed E-state index contributed by atoms with van der Waals surface area (Å²) in [5, 5.41) is 11.0. The number of sulfonamides is 1. The number of primary sulfonamides is 1. The Bertz CT molecular complexity index is 1400. The number of carbonyl (C=O) groups is 1. The van der Waals surface area contributed by atoms with Crippen molar-refractivity contribution in [3.05, 3.63) is 66.4 Å². The maximum Gasteiger partial charge on any atom is 0.253 e. The number of para-hydroxylation sites is 1. The minimum Gasteiger partial charge on any atom is -0.368 e. The Morgan fingerprint density at radius 1 is 1.03 bits per heavy atom. The summed E-state index contributed by atoms with van der Waals surface area (Å²) in [6, 6.07) is 14.8. The number of nitrogens with two attached hydrogens (primary N) is 2. The van der Waals surface area contributed by atoms with Gasteiger partial charge in [-0.2, -0.15) is 4.98 Å². The van der Waals surface area contributed by atoms with E-state index in [1.54, 1.807) is 60.3 Å². The summed E-state index contributed by atoms with van der Waals surface area (Å²) in [6.45, 7) is 0. The lowest BCUT2D eigenvalue weighted by atomic mass is 10.1. The highest BCUT2D eigenvalue weighted by atomic mass is 32.2. The summed E-state index contributed by atoms with van der Waals surface area (Å²) in [5.41, 5.74) is 8.70. The normalized spacial score (nSPS) is 11.4. The molecule has 2 aromatic carbocycles. The van der Waals surface area contributed by atoms with E-state index >= 15 is 0 Å². The molecule has 4 aromatic rings. The average molecular weight is 437 g/mol. The summed E-state index contributed by atoms with van der Waals surface area (Å²) in [5.74, 6) is 0.199. The van der Waals surface area contributed by atoms with E-state index in [-0.39, 0.29) is 16.8 Å². The van der Waals surface area contributed by atoms with Gasteiger partial charge in [0.1, 0.15) is 5.52 Å². The van der Waals surface area contributed by atoms with Crippen LogP contribution in [0, 0.1) is 0 Å². The number of amides is 1. The molecule has 2 aromatic heterocycles. The highest BCUT2D eigenvalue weighted by molar-refractivity contribution is 7.89. The molecule has 0 atom stereocenters. The summed E-state index contributed by atoms with van der Waals surface area (Å²) < 4.78 is 24.9. The summed E-state index contributed by atoms with van der Waals surface area (Å²) >= 11 is 0. The summed E-state index contributed by atoms with van der Waals surface area (Å²) in [6.07, 6.45) is 1.76. The van der Waals surface area contributed by atoms with Crippen molar-refractivity contribution in [3.63, 3.8) is 0 Å². The first kappa shape index (κ1) is 20.3. The van der Waals surface area contributed by atoms with Crippen molar-refractivity contribution >= 4 is 44.4 Å². The molecule has 0 spiro atoms. The molecular weight excluding hydrogens is 418 g/mol. The Hall–Kier alpha value is -3.96. The van der Waals surface area contributed by atoms with Crippen LogP contribution in [0.15, 0.2) is 65.7 Å². The van der Waals surface area contributed by atoms with Gasteiger partial charge in [0.15, 0.2) is 5.82 Å². The van der Waals surface area contributed by atoms with Crippen molar-refractivity contribution in [2.45, 2.75) is 4.90 Å². The van der Waals surface area contributed by atoms with Gasteiger partial charge < -0.3 is 20.9 Å². The number of fused-ring (bicyclic) bond motifs is 1. The zero-order chi connectivity index (χ0) is 22.2. The lowest BCUT2D eigenvalue weighted by Crippen LogP contribution is -2.19. The third-order valence-electron chi connectivity index (χ3n) is 4.65. The number of benzene rings is 2. The second-order valence-electron chi connectivity index (χ2n) is 6.64. The number of aromatic nitrogens is 3. The van der Waals surface area contributed by atoms with Crippen molar-refractivity contribution < 1.29 is 13.2 Å². The molecular formula is C20H19N7O3S. The van der Waals surface area contributed by atoms with Crippen LogP contribution in [0.5, 0.6) is 0 Å². The first-order chi connectivity index (χ1) is 14.8. The van der Waals surface area contributed by atoms with Gasteiger partial charge in [-0.15, -0.1) is 0 Å². The molecule has 158 valence electrons. The lowest BCUT2D eigenvalue weighted by molar-refractivity contribution is 0.0964. The van der Waals surface area contributed by atoms with Crippen molar-refractivity contribution in [2.75, 3.05) is 18.1 Å². The first-order valence-electron chi connectivity index (χ1n) is 9.14. The lowest BCUT2D eigenvalue weighted by Gasteiger charge is -2.14. The molecule has 0 aliphatic carbocycles. The second-order valence-corrected chi connectivity index (χ2v) is 8.20. The van der Waals surface area contributed by atoms with Crippen LogP contribution in [0.25, 0.3) is 16.7 Å². The molecule has 0 bridgehead atoms. The zero-order valence-corrected chi connectivity index (χ0v) is 17.2. The molecule has 0 aliphatic rings. The molecule has 0 saturated heterocycles. The third kappa shape index (κ3) is 3.91. The van der Waals surface area contributed by atoms with Gasteiger partial charge in [-0.3, -0.25) is 4.79 Å². The molecule has 0 aliphatic heterocycles.